The summed E-state index contributed by atoms with van der Waals surface area (Å²) in [6, 6.07) is 8.10. The van der Waals surface area contributed by atoms with Gasteiger partial charge in [-0.15, -0.1) is 0 Å². The normalized spacial score (nSPS) is 11.1. The summed E-state index contributed by atoms with van der Waals surface area (Å²) in [6.45, 7) is 2.13. The Hall–Kier alpha value is -0.180. The molecule has 0 aliphatic rings. The number of hydrogen-bond donors (Lipinski definition) is 1. The van der Waals surface area contributed by atoms with Crippen molar-refractivity contribution in [1.82, 2.24) is 4.90 Å². The van der Waals surface area contributed by atoms with Gasteiger partial charge in [0.05, 0.1) is 0 Å². The fourth-order valence-corrected chi connectivity index (χ4v) is 2.31. The van der Waals surface area contributed by atoms with Crippen molar-refractivity contribution >= 4 is 24.2 Å². The average Bonchev–Trinajstić information content (AvgIpc) is 2.29. The lowest BCUT2D eigenvalue weighted by atomic mass is 10.2. The average molecular weight is 272 g/mol. The molecule has 0 aliphatic carbocycles. The zero-order valence-corrected chi connectivity index (χ0v) is 12.2. The summed E-state index contributed by atoms with van der Waals surface area (Å²) < 4.78 is 0. The fraction of sp³-hybridized carbons (Fsp3) is 0.571. The first-order chi connectivity index (χ1) is 8.22. The number of hydrogen-bond acceptors (Lipinski definition) is 2. The van der Waals surface area contributed by atoms with Gasteiger partial charge in [0.25, 0.3) is 0 Å². The van der Waals surface area contributed by atoms with Gasteiger partial charge in [0, 0.05) is 11.6 Å². The Kier molecular flexibility index (Phi) is 7.74. The number of thiol groups is 1. The molecule has 0 unspecified atom stereocenters. The predicted molar refractivity (Wildman–Crippen MR) is 80.1 cm³/mol. The van der Waals surface area contributed by atoms with Gasteiger partial charge >= 0.3 is 0 Å². The van der Waals surface area contributed by atoms with Gasteiger partial charge in [-0.2, -0.15) is 12.6 Å². The maximum Gasteiger partial charge on any atom is 0.0409 e. The van der Waals surface area contributed by atoms with Gasteiger partial charge in [-0.3, -0.25) is 0 Å². The van der Waals surface area contributed by atoms with Gasteiger partial charge in [0.2, 0.25) is 0 Å². The molecule has 0 bridgehead atoms. The summed E-state index contributed by atoms with van der Waals surface area (Å²) in [5, 5.41) is 0.824. The molecular formula is C14H22ClNS. The number of rotatable bonds is 8. The van der Waals surface area contributed by atoms with Crippen molar-refractivity contribution in [2.75, 3.05) is 19.3 Å². The number of nitrogens with zero attached hydrogens (tertiary/aromatic N) is 1. The summed E-state index contributed by atoms with van der Waals surface area (Å²) in [6.07, 6.45) is 5.11. The Morgan fingerprint density at radius 3 is 2.65 bits per heavy atom. The molecule has 0 fully saturated rings. The highest BCUT2D eigenvalue weighted by atomic mass is 35.5. The second-order valence-electron chi connectivity index (χ2n) is 4.51. The molecule has 1 aromatic rings. The third-order valence-corrected chi connectivity index (χ3v) is 3.34. The molecule has 0 atom stereocenters. The second kappa shape index (κ2) is 8.84. The topological polar surface area (TPSA) is 3.24 Å². The lowest BCUT2D eigenvalue weighted by Crippen LogP contribution is -2.19. The molecule has 0 radical (unpaired) electrons. The van der Waals surface area contributed by atoms with Crippen molar-refractivity contribution in [3.8, 4) is 0 Å². The van der Waals surface area contributed by atoms with Gasteiger partial charge in [-0.05, 0) is 49.9 Å². The minimum absolute atomic E-state index is 0.824. The van der Waals surface area contributed by atoms with Gasteiger partial charge in [0.1, 0.15) is 0 Å². The smallest absolute Gasteiger partial charge is 0.0409 e. The standard InChI is InChI=1S/C14H22ClNS/c1-16(9-4-2-3-5-10-17)12-13-7-6-8-14(15)11-13/h6-8,11,17H,2-5,9-10,12H2,1H3. The van der Waals surface area contributed by atoms with E-state index in [4.69, 9.17) is 11.6 Å². The third-order valence-electron chi connectivity index (χ3n) is 2.79. The first-order valence-corrected chi connectivity index (χ1v) is 7.27. The van der Waals surface area contributed by atoms with E-state index in [2.05, 4.69) is 30.6 Å². The van der Waals surface area contributed by atoms with Crippen LogP contribution in [0.1, 0.15) is 31.2 Å². The Labute approximate surface area is 116 Å². The van der Waals surface area contributed by atoms with Crippen LogP contribution in [0.25, 0.3) is 0 Å². The SMILES string of the molecule is CN(CCCCCCS)Cc1cccc(Cl)c1. The summed E-state index contributed by atoms with van der Waals surface area (Å²) in [5.41, 5.74) is 1.29. The summed E-state index contributed by atoms with van der Waals surface area (Å²) in [7, 11) is 2.17. The highest BCUT2D eigenvalue weighted by molar-refractivity contribution is 7.80. The van der Waals surface area contributed by atoms with E-state index in [0.29, 0.717) is 0 Å². The lowest BCUT2D eigenvalue weighted by molar-refractivity contribution is 0.317. The maximum absolute atomic E-state index is 5.96. The first kappa shape index (κ1) is 14.9. The third kappa shape index (κ3) is 6.97. The van der Waals surface area contributed by atoms with Crippen LogP contribution in [0.2, 0.25) is 5.02 Å². The van der Waals surface area contributed by atoms with E-state index < -0.39 is 0 Å². The van der Waals surface area contributed by atoms with E-state index in [1.807, 2.05) is 18.2 Å². The van der Waals surface area contributed by atoms with Gasteiger partial charge < -0.3 is 4.90 Å². The molecule has 0 heterocycles. The number of halogens is 1. The van der Waals surface area contributed by atoms with Crippen LogP contribution in [0.3, 0.4) is 0 Å². The number of unbranched alkanes of at least 4 members (excludes halogenated alkanes) is 3. The van der Waals surface area contributed by atoms with Crippen LogP contribution in [0.4, 0.5) is 0 Å². The van der Waals surface area contributed by atoms with Crippen LogP contribution >= 0.6 is 24.2 Å². The molecule has 1 rings (SSSR count). The van der Waals surface area contributed by atoms with E-state index in [1.165, 1.54) is 31.2 Å². The number of benzene rings is 1. The van der Waals surface area contributed by atoms with Crippen LogP contribution in [-0.4, -0.2) is 24.2 Å². The van der Waals surface area contributed by atoms with Crippen LogP contribution < -0.4 is 0 Å². The Balaban J connectivity index is 2.18. The molecule has 0 aromatic heterocycles. The van der Waals surface area contributed by atoms with Crippen molar-refractivity contribution in [3.63, 3.8) is 0 Å². The van der Waals surface area contributed by atoms with Crippen LogP contribution in [0.15, 0.2) is 24.3 Å². The van der Waals surface area contributed by atoms with Crippen molar-refractivity contribution in [3.05, 3.63) is 34.9 Å². The zero-order chi connectivity index (χ0) is 12.5. The molecular weight excluding hydrogens is 250 g/mol. The molecule has 0 saturated carbocycles. The van der Waals surface area contributed by atoms with Crippen LogP contribution in [0.5, 0.6) is 0 Å². The fourth-order valence-electron chi connectivity index (χ4n) is 1.87. The molecule has 0 spiro atoms. The van der Waals surface area contributed by atoms with Crippen molar-refractivity contribution < 1.29 is 0 Å². The molecule has 0 N–H and O–H groups in total. The highest BCUT2D eigenvalue weighted by Crippen LogP contribution is 2.12. The quantitative estimate of drug-likeness (QED) is 0.546. The highest BCUT2D eigenvalue weighted by Gasteiger charge is 2.00. The Morgan fingerprint density at radius 1 is 1.18 bits per heavy atom. The van der Waals surface area contributed by atoms with Crippen molar-refractivity contribution in [1.29, 1.82) is 0 Å². The minimum Gasteiger partial charge on any atom is -0.302 e. The van der Waals surface area contributed by atoms with Crippen LogP contribution in [-0.2, 0) is 6.54 Å². The summed E-state index contributed by atoms with van der Waals surface area (Å²) >= 11 is 10.2. The van der Waals surface area contributed by atoms with Gasteiger partial charge in [-0.1, -0.05) is 36.6 Å². The zero-order valence-electron chi connectivity index (χ0n) is 10.5. The molecule has 1 aromatic carbocycles. The molecule has 0 amide bonds. The predicted octanol–water partition coefficient (Wildman–Crippen LogP) is 4.26. The first-order valence-electron chi connectivity index (χ1n) is 6.26. The molecule has 17 heavy (non-hydrogen) atoms. The largest absolute Gasteiger partial charge is 0.302 e. The molecule has 3 heteroatoms. The molecule has 96 valence electrons. The van der Waals surface area contributed by atoms with Crippen molar-refractivity contribution in [2.24, 2.45) is 0 Å². The lowest BCUT2D eigenvalue weighted by Gasteiger charge is -2.16. The molecule has 0 aliphatic heterocycles. The molecule has 1 nitrogen and oxygen atoms in total. The van der Waals surface area contributed by atoms with E-state index >= 15 is 0 Å². The Bertz CT molecular complexity index is 317. The maximum atomic E-state index is 5.96. The van der Waals surface area contributed by atoms with E-state index in [-0.39, 0.29) is 0 Å². The molecule has 0 saturated heterocycles. The Morgan fingerprint density at radius 2 is 1.94 bits per heavy atom. The van der Waals surface area contributed by atoms with Gasteiger partial charge in [0.15, 0.2) is 0 Å². The monoisotopic (exact) mass is 271 g/mol. The second-order valence-corrected chi connectivity index (χ2v) is 5.39. The summed E-state index contributed by atoms with van der Waals surface area (Å²) in [4.78, 5) is 2.35. The van der Waals surface area contributed by atoms with Gasteiger partial charge in [-0.25, -0.2) is 0 Å². The minimum atomic E-state index is 0.824. The van der Waals surface area contributed by atoms with E-state index in [0.717, 1.165) is 23.9 Å². The van der Waals surface area contributed by atoms with E-state index in [1.54, 1.807) is 0 Å². The van der Waals surface area contributed by atoms with Crippen LogP contribution in [0, 0.1) is 0 Å². The summed E-state index contributed by atoms with van der Waals surface area (Å²) in [5.74, 6) is 1.01. The van der Waals surface area contributed by atoms with E-state index in [9.17, 15) is 0 Å². The van der Waals surface area contributed by atoms with Crippen molar-refractivity contribution in [2.45, 2.75) is 32.2 Å².